The van der Waals surface area contributed by atoms with Gasteiger partial charge in [0, 0.05) is 0 Å². The minimum absolute atomic E-state index is 0.225. The minimum atomic E-state index is -4.08. The summed E-state index contributed by atoms with van der Waals surface area (Å²) < 4.78 is 26.4. The zero-order valence-corrected chi connectivity index (χ0v) is 20.6. The van der Waals surface area contributed by atoms with Crippen molar-refractivity contribution >= 4 is 7.60 Å². The first-order valence-electron chi connectivity index (χ1n) is 11.9. The molecule has 0 spiro atoms. The lowest BCUT2D eigenvalue weighted by atomic mass is 9.75. The van der Waals surface area contributed by atoms with E-state index in [-0.39, 0.29) is 24.0 Å². The van der Waals surface area contributed by atoms with Crippen LogP contribution in [0.5, 0.6) is 0 Å². The summed E-state index contributed by atoms with van der Waals surface area (Å²) in [5, 5.41) is 30.3. The van der Waals surface area contributed by atoms with E-state index in [9.17, 15) is 19.9 Å². The second-order valence-corrected chi connectivity index (χ2v) is 12.7. The predicted octanol–water partition coefficient (Wildman–Crippen LogP) is 4.81. The van der Waals surface area contributed by atoms with Crippen LogP contribution in [0, 0.1) is 35.5 Å². The third-order valence-electron chi connectivity index (χ3n) is 7.34. The van der Waals surface area contributed by atoms with Gasteiger partial charge in [-0.2, -0.15) is 0 Å². The van der Waals surface area contributed by atoms with Crippen molar-refractivity contribution in [3.63, 3.8) is 0 Å². The molecule has 30 heavy (non-hydrogen) atoms. The quantitative estimate of drug-likeness (QED) is 0.438. The molecule has 6 nitrogen and oxygen atoms in total. The van der Waals surface area contributed by atoms with Crippen LogP contribution in [0.1, 0.15) is 80.1 Å². The molecular weight excluding hydrogens is 403 g/mol. The summed E-state index contributed by atoms with van der Waals surface area (Å²) >= 11 is 0. The van der Waals surface area contributed by atoms with E-state index in [1.54, 1.807) is 0 Å². The number of aliphatic hydroxyl groups is 3. The molecule has 2 rings (SSSR count). The molecule has 178 valence electrons. The summed E-state index contributed by atoms with van der Waals surface area (Å²) in [6, 6.07) is 0. The lowest BCUT2D eigenvalue weighted by Crippen LogP contribution is -2.40. The molecule has 8 atom stereocenters. The lowest BCUT2D eigenvalue weighted by Gasteiger charge is -2.43. The van der Waals surface area contributed by atoms with Gasteiger partial charge in [0.05, 0.1) is 18.8 Å². The Morgan fingerprint density at radius 2 is 1.23 bits per heavy atom. The highest BCUT2D eigenvalue weighted by Crippen LogP contribution is 2.59. The molecule has 7 heteroatoms. The Balaban J connectivity index is 2.31. The molecule has 0 bridgehead atoms. The molecule has 2 aliphatic rings. The van der Waals surface area contributed by atoms with Gasteiger partial charge in [0.15, 0.2) is 5.85 Å². The van der Waals surface area contributed by atoms with Gasteiger partial charge in [-0.3, -0.25) is 4.57 Å². The standard InChI is InChI=1S/C23H45O6P/c1-14(2)18-9-7-16(5)11-21(18)28-30(27,23(26)20(25)13-24)29-22-12-17(6)8-10-19(22)15(3)4/h14-26H,7-13H2,1-6H3/t16-,17-,18+,19+,20-,21-,22-,23+/m1/s1. The number of aliphatic hydroxyl groups excluding tert-OH is 3. The third kappa shape index (κ3) is 6.52. The van der Waals surface area contributed by atoms with Gasteiger partial charge in [0.1, 0.15) is 6.10 Å². The fraction of sp³-hybridized carbons (Fsp3) is 1.00. The maximum atomic E-state index is 14.0. The zero-order chi connectivity index (χ0) is 22.6. The van der Waals surface area contributed by atoms with Crippen molar-refractivity contribution in [2.75, 3.05) is 6.61 Å². The fourth-order valence-corrected chi connectivity index (χ4v) is 7.36. The van der Waals surface area contributed by atoms with Crippen LogP contribution in [0.15, 0.2) is 0 Å². The number of hydrogen-bond acceptors (Lipinski definition) is 6. The summed E-state index contributed by atoms with van der Waals surface area (Å²) in [5.41, 5.74) is 0. The van der Waals surface area contributed by atoms with E-state index in [2.05, 4.69) is 41.5 Å². The summed E-state index contributed by atoms with van der Waals surface area (Å²) in [6.45, 7) is 12.2. The van der Waals surface area contributed by atoms with Crippen LogP contribution >= 0.6 is 7.60 Å². The van der Waals surface area contributed by atoms with Crippen molar-refractivity contribution in [2.24, 2.45) is 35.5 Å². The maximum Gasteiger partial charge on any atom is 0.362 e. The highest BCUT2D eigenvalue weighted by Gasteiger charge is 2.48. The molecule has 0 amide bonds. The third-order valence-corrected chi connectivity index (χ3v) is 9.46. The largest absolute Gasteiger partial charge is 0.394 e. The van der Waals surface area contributed by atoms with Gasteiger partial charge in [-0.25, -0.2) is 0 Å². The van der Waals surface area contributed by atoms with Crippen LogP contribution < -0.4 is 0 Å². The van der Waals surface area contributed by atoms with Crippen LogP contribution in [0.3, 0.4) is 0 Å². The summed E-state index contributed by atoms with van der Waals surface area (Å²) in [7, 11) is -4.08. The average Bonchev–Trinajstić information content (AvgIpc) is 2.66. The van der Waals surface area contributed by atoms with Gasteiger partial charge >= 0.3 is 7.60 Å². The second kappa shape index (κ2) is 11.2. The Morgan fingerprint density at radius 1 is 0.833 bits per heavy atom. The lowest BCUT2D eigenvalue weighted by molar-refractivity contribution is -0.0382. The first-order valence-corrected chi connectivity index (χ1v) is 13.5. The Bertz CT molecular complexity index is 530. The molecule has 0 aromatic carbocycles. The Morgan fingerprint density at radius 3 is 1.57 bits per heavy atom. The van der Waals surface area contributed by atoms with Gasteiger partial charge in [-0.05, 0) is 61.2 Å². The summed E-state index contributed by atoms with van der Waals surface area (Å²) in [6.07, 6.45) is 3.54. The van der Waals surface area contributed by atoms with E-state index in [1.165, 1.54) is 0 Å². The molecule has 0 aromatic rings. The number of rotatable bonds is 9. The van der Waals surface area contributed by atoms with E-state index >= 15 is 0 Å². The van der Waals surface area contributed by atoms with E-state index < -0.39 is 26.2 Å². The minimum Gasteiger partial charge on any atom is -0.394 e. The maximum absolute atomic E-state index is 14.0. The molecule has 2 fully saturated rings. The normalized spacial score (nSPS) is 35.6. The van der Waals surface area contributed by atoms with Crippen molar-refractivity contribution in [3.8, 4) is 0 Å². The van der Waals surface area contributed by atoms with Crippen LogP contribution in [0.2, 0.25) is 0 Å². The van der Waals surface area contributed by atoms with E-state index in [0.29, 0.717) is 23.7 Å². The van der Waals surface area contributed by atoms with Gasteiger partial charge in [-0.1, -0.05) is 54.4 Å². The molecule has 0 radical (unpaired) electrons. The van der Waals surface area contributed by atoms with E-state index in [4.69, 9.17) is 9.05 Å². The van der Waals surface area contributed by atoms with Gasteiger partial charge in [0.25, 0.3) is 0 Å². The fourth-order valence-electron chi connectivity index (χ4n) is 5.30. The Kier molecular flexibility index (Phi) is 9.85. The van der Waals surface area contributed by atoms with Gasteiger partial charge < -0.3 is 24.4 Å². The molecule has 0 unspecified atom stereocenters. The van der Waals surface area contributed by atoms with Crippen LogP contribution in [0.25, 0.3) is 0 Å². The SMILES string of the molecule is CC(C)[C@@H]1CC[C@@H](C)C[C@H]1OP(=O)(O[C@@H]1C[C@H](C)CC[C@H]1C(C)C)[C@H](O)[C@H](O)CO. The van der Waals surface area contributed by atoms with Crippen molar-refractivity contribution in [1.29, 1.82) is 0 Å². The average molecular weight is 449 g/mol. The van der Waals surface area contributed by atoms with Crippen molar-refractivity contribution in [3.05, 3.63) is 0 Å². The van der Waals surface area contributed by atoms with E-state index in [1.807, 2.05) is 0 Å². The van der Waals surface area contributed by atoms with Crippen molar-refractivity contribution < 1.29 is 28.9 Å². The molecule has 0 aliphatic heterocycles. The second-order valence-electron chi connectivity index (χ2n) is 10.6. The molecule has 0 saturated heterocycles. The van der Waals surface area contributed by atoms with Gasteiger partial charge in [-0.15, -0.1) is 0 Å². The summed E-state index contributed by atoms with van der Waals surface area (Å²) in [5.74, 6) is 0.291. The molecule has 0 heterocycles. The van der Waals surface area contributed by atoms with Crippen molar-refractivity contribution in [1.82, 2.24) is 0 Å². The predicted molar refractivity (Wildman–Crippen MR) is 119 cm³/mol. The first-order chi connectivity index (χ1) is 14.0. The van der Waals surface area contributed by atoms with Crippen LogP contribution in [-0.4, -0.2) is 46.1 Å². The monoisotopic (exact) mass is 448 g/mol. The van der Waals surface area contributed by atoms with E-state index in [0.717, 1.165) is 38.5 Å². The topological polar surface area (TPSA) is 96.2 Å². The van der Waals surface area contributed by atoms with Crippen LogP contribution in [-0.2, 0) is 13.6 Å². The zero-order valence-electron chi connectivity index (χ0n) is 19.7. The Labute approximate surface area is 183 Å². The molecule has 3 N–H and O–H groups in total. The van der Waals surface area contributed by atoms with Crippen molar-refractivity contribution in [2.45, 2.75) is 104 Å². The Hall–Kier alpha value is 0.0300. The smallest absolute Gasteiger partial charge is 0.362 e. The molecular formula is C23H45O6P. The highest BCUT2D eigenvalue weighted by atomic mass is 31.2. The summed E-state index contributed by atoms with van der Waals surface area (Å²) in [4.78, 5) is 0. The van der Waals surface area contributed by atoms with Crippen LogP contribution in [0.4, 0.5) is 0 Å². The molecule has 2 aliphatic carbocycles. The number of hydrogen-bond donors (Lipinski definition) is 3. The molecule has 0 aromatic heterocycles. The molecule has 2 saturated carbocycles. The highest BCUT2D eigenvalue weighted by molar-refractivity contribution is 7.54. The first kappa shape index (κ1) is 26.3. The van der Waals surface area contributed by atoms with Gasteiger partial charge in [0.2, 0.25) is 0 Å².